The summed E-state index contributed by atoms with van der Waals surface area (Å²) in [5.41, 5.74) is 0.645. The van der Waals surface area contributed by atoms with E-state index in [0.717, 1.165) is 45.9 Å². The van der Waals surface area contributed by atoms with E-state index in [2.05, 4.69) is 15.1 Å². The molecule has 2 aliphatic rings. The van der Waals surface area contributed by atoms with E-state index in [4.69, 9.17) is 4.74 Å². The Bertz CT molecular complexity index is 532. The molecule has 0 aromatic heterocycles. The zero-order chi connectivity index (χ0) is 16.8. The number of carbonyl (C=O) groups excluding carboxylic acids is 1. The molecule has 2 heterocycles. The van der Waals surface area contributed by atoms with Gasteiger partial charge in [-0.05, 0) is 43.7 Å². The molecule has 6 heteroatoms. The number of ether oxygens (including phenoxy) is 1. The lowest BCUT2D eigenvalue weighted by Gasteiger charge is -2.40. The Morgan fingerprint density at radius 1 is 1.21 bits per heavy atom. The van der Waals surface area contributed by atoms with Crippen LogP contribution >= 0.6 is 0 Å². The summed E-state index contributed by atoms with van der Waals surface area (Å²) in [5.74, 6) is -0.314. The van der Waals surface area contributed by atoms with Crippen LogP contribution in [0.3, 0.4) is 0 Å². The minimum absolute atomic E-state index is 0.0184. The maximum absolute atomic E-state index is 12.9. The van der Waals surface area contributed by atoms with Gasteiger partial charge in [-0.3, -0.25) is 9.69 Å². The number of morpholine rings is 1. The minimum atomic E-state index is -0.296. The fourth-order valence-electron chi connectivity index (χ4n) is 3.49. The first-order valence-electron chi connectivity index (χ1n) is 8.80. The van der Waals surface area contributed by atoms with Crippen LogP contribution in [-0.2, 0) is 9.53 Å². The number of amides is 1. The molecule has 5 nitrogen and oxygen atoms in total. The molecule has 0 aliphatic carbocycles. The van der Waals surface area contributed by atoms with Crippen molar-refractivity contribution in [2.24, 2.45) is 0 Å². The quantitative estimate of drug-likeness (QED) is 0.893. The van der Waals surface area contributed by atoms with Crippen molar-refractivity contribution in [1.29, 1.82) is 0 Å². The highest BCUT2D eigenvalue weighted by atomic mass is 19.1. The van der Waals surface area contributed by atoms with E-state index in [-0.39, 0.29) is 11.7 Å². The number of anilines is 1. The Labute approximate surface area is 142 Å². The van der Waals surface area contributed by atoms with Crippen LogP contribution in [0.5, 0.6) is 0 Å². The van der Waals surface area contributed by atoms with Crippen LogP contribution in [0.25, 0.3) is 0 Å². The van der Waals surface area contributed by atoms with Crippen molar-refractivity contribution in [3.05, 3.63) is 30.1 Å². The van der Waals surface area contributed by atoms with Gasteiger partial charge >= 0.3 is 0 Å². The molecule has 0 spiro atoms. The second-order valence-corrected chi connectivity index (χ2v) is 6.55. The molecule has 1 N–H and O–H groups in total. The second-order valence-electron chi connectivity index (χ2n) is 6.55. The number of carbonyl (C=O) groups is 1. The molecule has 3 rings (SSSR count). The number of piperidine rings is 1. The van der Waals surface area contributed by atoms with Gasteiger partial charge in [0.25, 0.3) is 0 Å². The first-order valence-corrected chi connectivity index (χ1v) is 8.80. The Morgan fingerprint density at radius 2 is 1.96 bits per heavy atom. The topological polar surface area (TPSA) is 44.8 Å². The summed E-state index contributed by atoms with van der Waals surface area (Å²) in [5, 5.41) is 2.82. The molecular formula is C18H26FN3O2. The normalized spacial score (nSPS) is 23.1. The highest BCUT2D eigenvalue weighted by Crippen LogP contribution is 2.17. The number of benzene rings is 1. The van der Waals surface area contributed by atoms with Crippen LogP contribution in [0, 0.1) is 5.82 Å². The Balaban J connectivity index is 1.42. The average Bonchev–Trinajstić information content (AvgIpc) is 2.63. The fourth-order valence-corrected chi connectivity index (χ4v) is 3.49. The standard InChI is InChI=1S/C18H26FN3O2/c19-15-3-5-16(6-4-15)20-18(23)7-9-21-8-1-2-17(14-21)22-10-12-24-13-11-22/h3-6,17H,1-2,7-14H2,(H,20,23)/t17-/m1/s1. The van der Waals surface area contributed by atoms with Crippen LogP contribution in [0.15, 0.2) is 24.3 Å². The van der Waals surface area contributed by atoms with Gasteiger partial charge in [-0.15, -0.1) is 0 Å². The molecule has 1 aromatic carbocycles. The zero-order valence-corrected chi connectivity index (χ0v) is 14.0. The molecule has 24 heavy (non-hydrogen) atoms. The molecule has 132 valence electrons. The maximum atomic E-state index is 12.9. The first-order chi connectivity index (χ1) is 11.7. The van der Waals surface area contributed by atoms with Gasteiger partial charge in [-0.25, -0.2) is 4.39 Å². The Kier molecular flexibility index (Phi) is 6.18. The largest absolute Gasteiger partial charge is 0.379 e. The average molecular weight is 335 g/mol. The molecular weight excluding hydrogens is 309 g/mol. The summed E-state index contributed by atoms with van der Waals surface area (Å²) >= 11 is 0. The van der Waals surface area contributed by atoms with E-state index in [9.17, 15) is 9.18 Å². The number of nitrogens with one attached hydrogen (secondary N) is 1. The minimum Gasteiger partial charge on any atom is -0.379 e. The lowest BCUT2D eigenvalue weighted by atomic mass is 10.0. The summed E-state index contributed by atoms with van der Waals surface area (Å²) < 4.78 is 18.3. The number of likely N-dealkylation sites (tertiary alicyclic amines) is 1. The van der Waals surface area contributed by atoms with Crippen LogP contribution in [0.4, 0.5) is 10.1 Å². The van der Waals surface area contributed by atoms with E-state index in [1.165, 1.54) is 25.0 Å². The van der Waals surface area contributed by atoms with Gasteiger partial charge in [-0.2, -0.15) is 0 Å². The van der Waals surface area contributed by atoms with Gasteiger partial charge in [0.15, 0.2) is 0 Å². The van der Waals surface area contributed by atoms with Crippen molar-refractivity contribution >= 4 is 11.6 Å². The SMILES string of the molecule is O=C(CCN1CCC[C@@H](N2CCOCC2)C1)Nc1ccc(F)cc1. The molecule has 2 aliphatic heterocycles. The fraction of sp³-hybridized carbons (Fsp3) is 0.611. The van der Waals surface area contributed by atoms with Crippen LogP contribution in [0.1, 0.15) is 19.3 Å². The van der Waals surface area contributed by atoms with Crippen LogP contribution < -0.4 is 5.32 Å². The number of hydrogen-bond donors (Lipinski definition) is 1. The summed E-state index contributed by atoms with van der Waals surface area (Å²) in [6.45, 7) is 6.56. The van der Waals surface area contributed by atoms with E-state index in [1.807, 2.05) is 0 Å². The summed E-state index contributed by atoms with van der Waals surface area (Å²) in [7, 11) is 0. The third kappa shape index (κ3) is 5.00. The predicted molar refractivity (Wildman–Crippen MR) is 91.5 cm³/mol. The summed E-state index contributed by atoms with van der Waals surface area (Å²) in [4.78, 5) is 17.0. The van der Waals surface area contributed by atoms with Gasteiger partial charge in [0.05, 0.1) is 13.2 Å². The van der Waals surface area contributed by atoms with Crippen molar-refractivity contribution < 1.29 is 13.9 Å². The molecule has 1 atom stereocenters. The molecule has 1 aromatic rings. The molecule has 0 bridgehead atoms. The molecule has 1 amide bonds. The van der Waals surface area contributed by atoms with Crippen LogP contribution in [-0.4, -0.2) is 67.7 Å². The van der Waals surface area contributed by atoms with E-state index < -0.39 is 0 Å². The summed E-state index contributed by atoms with van der Waals surface area (Å²) in [6, 6.07) is 6.47. The zero-order valence-electron chi connectivity index (χ0n) is 14.0. The van der Waals surface area contributed by atoms with Gasteiger partial charge in [0.1, 0.15) is 5.82 Å². The monoisotopic (exact) mass is 335 g/mol. The van der Waals surface area contributed by atoms with E-state index >= 15 is 0 Å². The van der Waals surface area contributed by atoms with Crippen LogP contribution in [0.2, 0.25) is 0 Å². The molecule has 2 saturated heterocycles. The van der Waals surface area contributed by atoms with Gasteiger partial charge in [-0.1, -0.05) is 0 Å². The smallest absolute Gasteiger partial charge is 0.225 e. The van der Waals surface area contributed by atoms with Crippen molar-refractivity contribution in [2.75, 3.05) is 51.3 Å². The Morgan fingerprint density at radius 3 is 2.71 bits per heavy atom. The highest BCUT2D eigenvalue weighted by molar-refractivity contribution is 5.90. The van der Waals surface area contributed by atoms with E-state index in [0.29, 0.717) is 18.2 Å². The van der Waals surface area contributed by atoms with Gasteiger partial charge < -0.3 is 15.0 Å². The number of rotatable bonds is 5. The number of halogens is 1. The number of hydrogen-bond acceptors (Lipinski definition) is 4. The van der Waals surface area contributed by atoms with Crippen molar-refractivity contribution in [3.8, 4) is 0 Å². The number of nitrogens with zero attached hydrogens (tertiary/aromatic N) is 2. The molecule has 0 saturated carbocycles. The van der Waals surface area contributed by atoms with Gasteiger partial charge in [0.2, 0.25) is 5.91 Å². The highest BCUT2D eigenvalue weighted by Gasteiger charge is 2.26. The Hall–Kier alpha value is -1.50. The van der Waals surface area contributed by atoms with E-state index in [1.54, 1.807) is 12.1 Å². The van der Waals surface area contributed by atoms with Crippen molar-refractivity contribution in [1.82, 2.24) is 9.80 Å². The lowest BCUT2D eigenvalue weighted by Crippen LogP contribution is -2.51. The third-order valence-electron chi connectivity index (χ3n) is 4.83. The van der Waals surface area contributed by atoms with Crippen molar-refractivity contribution in [3.63, 3.8) is 0 Å². The second kappa shape index (κ2) is 8.55. The van der Waals surface area contributed by atoms with Crippen molar-refractivity contribution in [2.45, 2.75) is 25.3 Å². The molecule has 0 radical (unpaired) electrons. The molecule has 0 unspecified atom stereocenters. The van der Waals surface area contributed by atoms with Gasteiger partial charge in [0, 0.05) is 44.3 Å². The lowest BCUT2D eigenvalue weighted by molar-refractivity contribution is -0.116. The third-order valence-corrected chi connectivity index (χ3v) is 4.83. The maximum Gasteiger partial charge on any atom is 0.225 e. The molecule has 2 fully saturated rings. The predicted octanol–water partition coefficient (Wildman–Crippen LogP) is 1.95. The first kappa shape index (κ1) is 17.3. The summed E-state index contributed by atoms with van der Waals surface area (Å²) in [6.07, 6.45) is 2.88.